The molecule has 0 aliphatic carbocycles. The molecule has 0 bridgehead atoms. The molecule has 0 aliphatic rings. The zero-order chi connectivity index (χ0) is 19.5. The number of benzene rings is 2. The molecule has 6 nitrogen and oxygen atoms in total. The highest BCUT2D eigenvalue weighted by Gasteiger charge is 2.13. The number of aromatic nitrogens is 1. The van der Waals surface area contributed by atoms with E-state index < -0.39 is 5.63 Å². The van der Waals surface area contributed by atoms with Gasteiger partial charge in [-0.2, -0.15) is 0 Å². The highest BCUT2D eigenvalue weighted by molar-refractivity contribution is 6.05. The summed E-state index contributed by atoms with van der Waals surface area (Å²) in [6.07, 6.45) is 3.35. The smallest absolute Gasteiger partial charge is 0.344 e. The number of rotatable bonds is 5. The van der Waals surface area contributed by atoms with E-state index in [1.165, 1.54) is 0 Å². The molecule has 4 aromatic rings. The Labute approximate surface area is 160 Å². The van der Waals surface area contributed by atoms with Gasteiger partial charge >= 0.3 is 5.63 Å². The molecule has 6 heteroatoms. The van der Waals surface area contributed by atoms with Gasteiger partial charge in [0, 0.05) is 29.9 Å². The molecule has 0 fully saturated rings. The van der Waals surface area contributed by atoms with E-state index in [0.29, 0.717) is 28.8 Å². The predicted molar refractivity (Wildman–Crippen MR) is 106 cm³/mol. The van der Waals surface area contributed by atoms with Crippen LogP contribution in [0.1, 0.15) is 11.1 Å². The van der Waals surface area contributed by atoms with Gasteiger partial charge in [-0.15, -0.1) is 0 Å². The van der Waals surface area contributed by atoms with Gasteiger partial charge < -0.3 is 14.5 Å². The third-order valence-corrected chi connectivity index (χ3v) is 4.59. The molecule has 0 radical (unpaired) electrons. The fourth-order valence-corrected chi connectivity index (χ4v) is 3.11. The van der Waals surface area contributed by atoms with E-state index in [-0.39, 0.29) is 12.5 Å². The SMILES string of the molecule is Cc1c(OCC(=O)NCc2ccncc2)ccc2c1oc(=O)c1ccccc12. The summed E-state index contributed by atoms with van der Waals surface area (Å²) in [5, 5.41) is 5.00. The van der Waals surface area contributed by atoms with Crippen LogP contribution in [0.25, 0.3) is 21.7 Å². The quantitative estimate of drug-likeness (QED) is 0.428. The molecular weight excluding hydrogens is 356 g/mol. The van der Waals surface area contributed by atoms with Crippen LogP contribution in [0.4, 0.5) is 0 Å². The van der Waals surface area contributed by atoms with E-state index in [9.17, 15) is 9.59 Å². The van der Waals surface area contributed by atoms with E-state index >= 15 is 0 Å². The lowest BCUT2D eigenvalue weighted by atomic mass is 10.0. The molecule has 1 N–H and O–H groups in total. The molecule has 2 aromatic carbocycles. The van der Waals surface area contributed by atoms with Gasteiger partial charge in [0.15, 0.2) is 6.61 Å². The molecule has 1 amide bonds. The Morgan fingerprint density at radius 2 is 1.79 bits per heavy atom. The topological polar surface area (TPSA) is 81.4 Å². The maximum absolute atomic E-state index is 12.3. The van der Waals surface area contributed by atoms with Crippen LogP contribution in [-0.2, 0) is 11.3 Å². The zero-order valence-corrected chi connectivity index (χ0v) is 15.3. The first-order valence-corrected chi connectivity index (χ1v) is 8.87. The lowest BCUT2D eigenvalue weighted by Gasteiger charge is -2.12. The molecule has 0 saturated carbocycles. The Hall–Kier alpha value is -3.67. The summed E-state index contributed by atoms with van der Waals surface area (Å²) in [6, 6.07) is 14.6. The maximum Gasteiger partial charge on any atom is 0.344 e. The minimum absolute atomic E-state index is 0.130. The molecule has 0 unspecified atom stereocenters. The van der Waals surface area contributed by atoms with Gasteiger partial charge in [0.25, 0.3) is 5.91 Å². The first-order valence-electron chi connectivity index (χ1n) is 8.87. The number of nitrogens with zero attached hydrogens (tertiary/aromatic N) is 1. The van der Waals surface area contributed by atoms with Crippen LogP contribution in [0, 0.1) is 6.92 Å². The Kier molecular flexibility index (Phi) is 4.76. The van der Waals surface area contributed by atoms with E-state index in [1.807, 2.05) is 37.3 Å². The number of nitrogens with one attached hydrogen (secondary N) is 1. The van der Waals surface area contributed by atoms with Crippen LogP contribution in [-0.4, -0.2) is 17.5 Å². The molecule has 2 heterocycles. The Morgan fingerprint density at radius 3 is 2.57 bits per heavy atom. The highest BCUT2D eigenvalue weighted by Crippen LogP contribution is 2.30. The zero-order valence-electron chi connectivity index (χ0n) is 15.3. The summed E-state index contributed by atoms with van der Waals surface area (Å²) in [5.74, 6) is 0.265. The second-order valence-corrected chi connectivity index (χ2v) is 6.42. The normalized spacial score (nSPS) is 10.9. The van der Waals surface area contributed by atoms with E-state index in [1.54, 1.807) is 30.6 Å². The third-order valence-electron chi connectivity index (χ3n) is 4.59. The van der Waals surface area contributed by atoms with Crippen LogP contribution in [0.2, 0.25) is 0 Å². The predicted octanol–water partition coefficient (Wildman–Crippen LogP) is 3.34. The second kappa shape index (κ2) is 7.52. The summed E-state index contributed by atoms with van der Waals surface area (Å²) in [4.78, 5) is 28.3. The number of carbonyl (C=O) groups excluding carboxylic acids is 1. The average molecular weight is 374 g/mol. The molecule has 0 aliphatic heterocycles. The fourth-order valence-electron chi connectivity index (χ4n) is 3.11. The van der Waals surface area contributed by atoms with Crippen molar-refractivity contribution >= 4 is 27.6 Å². The molecule has 0 spiro atoms. The van der Waals surface area contributed by atoms with Gasteiger partial charge in [0.05, 0.1) is 5.39 Å². The van der Waals surface area contributed by atoms with Crippen molar-refractivity contribution in [2.45, 2.75) is 13.5 Å². The Balaban J connectivity index is 1.53. The molecule has 4 rings (SSSR count). The number of fused-ring (bicyclic) bond motifs is 3. The van der Waals surface area contributed by atoms with Gasteiger partial charge in [-0.3, -0.25) is 9.78 Å². The van der Waals surface area contributed by atoms with Gasteiger partial charge in [0.1, 0.15) is 11.3 Å². The summed E-state index contributed by atoms with van der Waals surface area (Å²) < 4.78 is 11.2. The molecular formula is C22H18N2O4. The summed E-state index contributed by atoms with van der Waals surface area (Å²) in [6.45, 7) is 2.09. The van der Waals surface area contributed by atoms with Gasteiger partial charge in [-0.05, 0) is 48.2 Å². The van der Waals surface area contributed by atoms with Crippen LogP contribution < -0.4 is 15.7 Å². The van der Waals surface area contributed by atoms with Crippen LogP contribution in [0.3, 0.4) is 0 Å². The van der Waals surface area contributed by atoms with Crippen LogP contribution in [0.15, 0.2) is 70.1 Å². The van der Waals surface area contributed by atoms with Crippen molar-refractivity contribution in [2.75, 3.05) is 6.61 Å². The largest absolute Gasteiger partial charge is 0.483 e. The Morgan fingerprint density at radius 1 is 1.04 bits per heavy atom. The van der Waals surface area contributed by atoms with Crippen molar-refractivity contribution in [3.8, 4) is 5.75 Å². The highest BCUT2D eigenvalue weighted by atomic mass is 16.5. The standard InChI is InChI=1S/C22H18N2O4/c1-14-19(27-13-20(25)24-12-15-8-10-23-11-9-15)7-6-17-16-4-2-3-5-18(16)22(26)28-21(14)17/h2-11H,12-13H2,1H3,(H,24,25). The number of hydrogen-bond acceptors (Lipinski definition) is 5. The van der Waals surface area contributed by atoms with Crippen molar-refractivity contribution in [3.63, 3.8) is 0 Å². The van der Waals surface area contributed by atoms with Gasteiger partial charge in [-0.25, -0.2) is 4.79 Å². The van der Waals surface area contributed by atoms with Crippen LogP contribution in [0.5, 0.6) is 5.75 Å². The molecule has 0 atom stereocenters. The Bertz CT molecular complexity index is 1220. The number of aryl methyl sites for hydroxylation is 1. The van der Waals surface area contributed by atoms with Crippen LogP contribution >= 0.6 is 0 Å². The molecule has 2 aromatic heterocycles. The van der Waals surface area contributed by atoms with Gasteiger partial charge in [-0.1, -0.05) is 18.2 Å². The number of hydrogen-bond donors (Lipinski definition) is 1. The molecule has 28 heavy (non-hydrogen) atoms. The fraction of sp³-hybridized carbons (Fsp3) is 0.136. The lowest BCUT2D eigenvalue weighted by Crippen LogP contribution is -2.28. The summed E-state index contributed by atoms with van der Waals surface area (Å²) in [7, 11) is 0. The minimum Gasteiger partial charge on any atom is -0.483 e. The molecule has 0 saturated heterocycles. The van der Waals surface area contributed by atoms with Crippen molar-refractivity contribution < 1.29 is 13.9 Å². The number of ether oxygens (including phenoxy) is 1. The van der Waals surface area contributed by atoms with Crippen molar-refractivity contribution in [3.05, 3.63) is 82.5 Å². The van der Waals surface area contributed by atoms with Gasteiger partial charge in [0.2, 0.25) is 0 Å². The lowest BCUT2D eigenvalue weighted by molar-refractivity contribution is -0.123. The summed E-state index contributed by atoms with van der Waals surface area (Å²) >= 11 is 0. The van der Waals surface area contributed by atoms with Crippen molar-refractivity contribution in [1.29, 1.82) is 0 Å². The monoisotopic (exact) mass is 374 g/mol. The molecule has 140 valence electrons. The van der Waals surface area contributed by atoms with E-state index in [0.717, 1.165) is 16.3 Å². The average Bonchev–Trinajstić information content (AvgIpc) is 2.73. The summed E-state index contributed by atoms with van der Waals surface area (Å²) in [5.41, 5.74) is 1.72. The second-order valence-electron chi connectivity index (χ2n) is 6.42. The van der Waals surface area contributed by atoms with Crippen molar-refractivity contribution in [2.24, 2.45) is 0 Å². The van der Waals surface area contributed by atoms with Crippen molar-refractivity contribution in [1.82, 2.24) is 10.3 Å². The van der Waals surface area contributed by atoms with E-state index in [2.05, 4.69) is 10.3 Å². The minimum atomic E-state index is -0.390. The third kappa shape index (κ3) is 3.44. The number of amides is 1. The first-order chi connectivity index (χ1) is 13.6. The first kappa shape index (κ1) is 17.7. The number of pyridine rings is 1. The maximum atomic E-state index is 12.3. The number of carbonyl (C=O) groups is 1. The van der Waals surface area contributed by atoms with E-state index in [4.69, 9.17) is 9.15 Å².